The van der Waals surface area contributed by atoms with E-state index in [-0.39, 0.29) is 17.8 Å². The monoisotopic (exact) mass is 243 g/mol. The lowest BCUT2D eigenvalue weighted by molar-refractivity contribution is 0.0684. The molecule has 4 heteroatoms. The topological polar surface area (TPSA) is 59.3 Å². The van der Waals surface area contributed by atoms with E-state index in [0.717, 1.165) is 5.56 Å². The van der Waals surface area contributed by atoms with E-state index in [2.05, 4.69) is 6.58 Å². The number of fused-ring (bicyclic) bond motifs is 1. The zero-order chi connectivity index (χ0) is 13.3. The highest BCUT2D eigenvalue weighted by molar-refractivity contribution is 5.92. The smallest absolute Gasteiger partial charge is 0.352 e. The van der Waals surface area contributed by atoms with Gasteiger partial charge in [-0.25, -0.2) is 4.79 Å². The second-order valence-corrected chi connectivity index (χ2v) is 4.13. The Morgan fingerprint density at radius 1 is 1.44 bits per heavy atom. The van der Waals surface area contributed by atoms with E-state index in [1.165, 1.54) is 16.7 Å². The first-order valence-corrected chi connectivity index (χ1v) is 5.53. The molecule has 0 aliphatic heterocycles. The minimum Gasteiger partial charge on any atom is -0.477 e. The molecule has 1 heterocycles. The average Bonchev–Trinajstić information content (AvgIpc) is 2.33. The van der Waals surface area contributed by atoms with Crippen molar-refractivity contribution in [2.24, 2.45) is 0 Å². The van der Waals surface area contributed by atoms with Crippen molar-refractivity contribution in [3.8, 4) is 0 Å². The van der Waals surface area contributed by atoms with Crippen molar-refractivity contribution in [1.82, 2.24) is 4.57 Å². The summed E-state index contributed by atoms with van der Waals surface area (Å²) < 4.78 is 1.22. The molecule has 18 heavy (non-hydrogen) atoms. The Kier molecular flexibility index (Phi) is 3.02. The molecule has 0 radical (unpaired) electrons. The van der Waals surface area contributed by atoms with Gasteiger partial charge in [-0.15, -0.1) is 6.58 Å². The molecule has 0 atom stereocenters. The Bertz CT molecular complexity index is 698. The number of aryl methyl sites for hydroxylation is 1. The van der Waals surface area contributed by atoms with E-state index in [9.17, 15) is 9.59 Å². The fraction of sp³-hybridized carbons (Fsp3) is 0.143. The molecule has 0 saturated carbocycles. The highest BCUT2D eigenvalue weighted by Gasteiger charge is 2.13. The molecule has 0 saturated heterocycles. The first kappa shape index (κ1) is 12.1. The number of aromatic nitrogens is 1. The van der Waals surface area contributed by atoms with E-state index in [1.807, 2.05) is 13.0 Å². The first-order chi connectivity index (χ1) is 8.54. The summed E-state index contributed by atoms with van der Waals surface area (Å²) in [6, 6.07) is 6.90. The third-order valence-electron chi connectivity index (χ3n) is 2.80. The fourth-order valence-corrected chi connectivity index (χ4v) is 1.95. The molecule has 1 aromatic heterocycles. The zero-order valence-electron chi connectivity index (χ0n) is 10.0. The van der Waals surface area contributed by atoms with Crippen LogP contribution in [0.5, 0.6) is 0 Å². The van der Waals surface area contributed by atoms with Gasteiger partial charge in [0.1, 0.15) is 5.69 Å². The number of rotatable bonds is 3. The summed E-state index contributed by atoms with van der Waals surface area (Å²) in [5, 5.41) is 10.3. The molecule has 0 bridgehead atoms. The van der Waals surface area contributed by atoms with E-state index in [0.29, 0.717) is 10.8 Å². The number of carboxylic acid groups (broad SMARTS) is 1. The number of hydrogen-bond acceptors (Lipinski definition) is 2. The molecule has 2 aromatic rings. The van der Waals surface area contributed by atoms with Gasteiger partial charge in [-0.05, 0) is 24.4 Å². The molecular weight excluding hydrogens is 230 g/mol. The molecule has 0 fully saturated rings. The van der Waals surface area contributed by atoms with Crippen molar-refractivity contribution in [2.75, 3.05) is 0 Å². The Hall–Kier alpha value is -2.36. The summed E-state index contributed by atoms with van der Waals surface area (Å²) in [7, 11) is 0. The van der Waals surface area contributed by atoms with Crippen molar-refractivity contribution in [3.63, 3.8) is 0 Å². The SMILES string of the molecule is C=CCn1c(C(=O)O)cc2ccc(C)cc2c1=O. The lowest BCUT2D eigenvalue weighted by Crippen LogP contribution is -2.25. The Labute approximate surface area is 104 Å². The second-order valence-electron chi connectivity index (χ2n) is 4.13. The zero-order valence-corrected chi connectivity index (χ0v) is 10.0. The van der Waals surface area contributed by atoms with E-state index in [4.69, 9.17) is 5.11 Å². The minimum absolute atomic E-state index is 0.0174. The van der Waals surface area contributed by atoms with Gasteiger partial charge in [0, 0.05) is 11.9 Å². The predicted molar refractivity (Wildman–Crippen MR) is 70.1 cm³/mol. The standard InChI is InChI=1S/C14H13NO3/c1-3-6-15-12(14(17)18)8-10-5-4-9(2)7-11(10)13(15)16/h3-5,7-8H,1,6H2,2H3,(H,17,18). The molecule has 4 nitrogen and oxygen atoms in total. The van der Waals surface area contributed by atoms with E-state index < -0.39 is 5.97 Å². The summed E-state index contributed by atoms with van der Waals surface area (Å²) in [5.74, 6) is -1.11. The van der Waals surface area contributed by atoms with Crippen LogP contribution in [0.25, 0.3) is 10.8 Å². The maximum Gasteiger partial charge on any atom is 0.352 e. The molecule has 0 amide bonds. The van der Waals surface area contributed by atoms with E-state index >= 15 is 0 Å². The minimum atomic E-state index is -1.11. The average molecular weight is 243 g/mol. The van der Waals surface area contributed by atoms with Gasteiger partial charge in [0.2, 0.25) is 0 Å². The third-order valence-corrected chi connectivity index (χ3v) is 2.80. The van der Waals surface area contributed by atoms with Crippen LogP contribution in [0.4, 0.5) is 0 Å². The van der Waals surface area contributed by atoms with Gasteiger partial charge in [0.15, 0.2) is 0 Å². The van der Waals surface area contributed by atoms with Gasteiger partial charge in [-0.3, -0.25) is 9.36 Å². The maximum atomic E-state index is 12.2. The Balaban J connectivity index is 2.89. The van der Waals surface area contributed by atoms with Crippen LogP contribution in [0.1, 0.15) is 16.1 Å². The quantitative estimate of drug-likeness (QED) is 0.841. The van der Waals surface area contributed by atoms with Crippen LogP contribution >= 0.6 is 0 Å². The number of carbonyl (C=O) groups is 1. The molecular formula is C14H13NO3. The van der Waals surface area contributed by atoms with Gasteiger partial charge in [-0.1, -0.05) is 23.8 Å². The van der Waals surface area contributed by atoms with Crippen molar-refractivity contribution in [1.29, 1.82) is 0 Å². The Morgan fingerprint density at radius 3 is 2.78 bits per heavy atom. The van der Waals surface area contributed by atoms with Crippen LogP contribution in [0.3, 0.4) is 0 Å². The summed E-state index contributed by atoms with van der Waals surface area (Å²) in [6.45, 7) is 5.62. The number of aromatic carboxylic acids is 1. The van der Waals surface area contributed by atoms with Gasteiger partial charge in [0.25, 0.3) is 5.56 Å². The van der Waals surface area contributed by atoms with Gasteiger partial charge in [-0.2, -0.15) is 0 Å². The molecule has 0 aliphatic carbocycles. The molecule has 0 aliphatic rings. The van der Waals surface area contributed by atoms with Gasteiger partial charge >= 0.3 is 5.97 Å². The molecule has 2 rings (SSSR count). The summed E-state index contributed by atoms with van der Waals surface area (Å²) >= 11 is 0. The molecule has 0 spiro atoms. The highest BCUT2D eigenvalue weighted by atomic mass is 16.4. The van der Waals surface area contributed by atoms with Gasteiger partial charge < -0.3 is 5.11 Å². The molecule has 92 valence electrons. The predicted octanol–water partition coefficient (Wildman–Crippen LogP) is 2.19. The van der Waals surface area contributed by atoms with E-state index in [1.54, 1.807) is 12.1 Å². The van der Waals surface area contributed by atoms with Crippen molar-refractivity contribution in [3.05, 3.63) is 58.5 Å². The fourth-order valence-electron chi connectivity index (χ4n) is 1.95. The van der Waals surface area contributed by atoms with Crippen molar-refractivity contribution < 1.29 is 9.90 Å². The maximum absolute atomic E-state index is 12.2. The van der Waals surface area contributed by atoms with Crippen LogP contribution in [-0.2, 0) is 6.54 Å². The summed E-state index contributed by atoms with van der Waals surface area (Å²) in [5.41, 5.74) is 0.651. The number of pyridine rings is 1. The highest BCUT2D eigenvalue weighted by Crippen LogP contribution is 2.14. The molecule has 1 aromatic carbocycles. The normalized spacial score (nSPS) is 10.5. The molecule has 0 unspecified atom stereocenters. The van der Waals surface area contributed by atoms with Crippen LogP contribution in [-0.4, -0.2) is 15.6 Å². The number of hydrogen-bond donors (Lipinski definition) is 1. The summed E-state index contributed by atoms with van der Waals surface area (Å²) in [6.07, 6.45) is 1.51. The van der Waals surface area contributed by atoms with Crippen LogP contribution < -0.4 is 5.56 Å². The number of benzene rings is 1. The second kappa shape index (κ2) is 4.49. The van der Waals surface area contributed by atoms with Crippen LogP contribution in [0, 0.1) is 6.92 Å². The van der Waals surface area contributed by atoms with Gasteiger partial charge in [0.05, 0.1) is 0 Å². The first-order valence-electron chi connectivity index (χ1n) is 5.53. The van der Waals surface area contributed by atoms with Crippen molar-refractivity contribution >= 4 is 16.7 Å². The Morgan fingerprint density at radius 2 is 2.17 bits per heavy atom. The van der Waals surface area contributed by atoms with Crippen LogP contribution in [0.2, 0.25) is 0 Å². The lowest BCUT2D eigenvalue weighted by atomic mass is 10.1. The third kappa shape index (κ3) is 1.93. The molecule has 1 N–H and O–H groups in total. The number of nitrogens with zero attached hydrogens (tertiary/aromatic N) is 1. The van der Waals surface area contributed by atoms with Crippen molar-refractivity contribution in [2.45, 2.75) is 13.5 Å². The van der Waals surface area contributed by atoms with Crippen LogP contribution in [0.15, 0.2) is 41.7 Å². The largest absolute Gasteiger partial charge is 0.477 e. The summed E-state index contributed by atoms with van der Waals surface area (Å²) in [4.78, 5) is 23.4. The number of carboxylic acids is 1. The lowest BCUT2D eigenvalue weighted by Gasteiger charge is -2.09. The number of allylic oxidation sites excluding steroid dienone is 1.